The molecule has 1 aromatic heterocycles. The molecule has 20 heavy (non-hydrogen) atoms. The summed E-state index contributed by atoms with van der Waals surface area (Å²) in [6.07, 6.45) is 1.71. The average molecular weight is 270 g/mol. The van der Waals surface area contributed by atoms with Crippen LogP contribution in [-0.2, 0) is 9.59 Å². The molecule has 2 aromatic rings. The smallest absolute Gasteiger partial charge is 0.243 e. The second kappa shape index (κ2) is 5.26. The normalized spacial score (nSPS) is 18.6. The Balaban J connectivity index is 1.79. The number of hydrogen-bond acceptors (Lipinski definition) is 4. The lowest BCUT2D eigenvalue weighted by Gasteiger charge is -2.23. The lowest BCUT2D eigenvalue weighted by atomic mass is 10.1. The van der Waals surface area contributed by atoms with Crippen LogP contribution in [0.5, 0.6) is 0 Å². The number of carbonyl (C=O) groups is 2. The maximum atomic E-state index is 12.2. The second-order valence-electron chi connectivity index (χ2n) is 4.60. The monoisotopic (exact) mass is 270 g/mol. The number of nitrogens with zero attached hydrogens (tertiary/aromatic N) is 1. The van der Waals surface area contributed by atoms with Gasteiger partial charge in [-0.25, -0.2) is 0 Å². The highest BCUT2D eigenvalue weighted by atomic mass is 16.2. The van der Waals surface area contributed by atoms with Crippen LogP contribution in [0.15, 0.2) is 36.5 Å². The quantitative estimate of drug-likeness (QED) is 0.731. The lowest BCUT2D eigenvalue weighted by molar-refractivity contribution is -0.124. The van der Waals surface area contributed by atoms with E-state index < -0.39 is 6.04 Å². The summed E-state index contributed by atoms with van der Waals surface area (Å²) in [7, 11) is 0. The summed E-state index contributed by atoms with van der Waals surface area (Å²) in [5.74, 6) is -0.259. The van der Waals surface area contributed by atoms with Gasteiger partial charge >= 0.3 is 0 Å². The maximum absolute atomic E-state index is 12.2. The number of piperazine rings is 1. The first-order valence-electron chi connectivity index (χ1n) is 6.39. The Labute approximate surface area is 115 Å². The fraction of sp³-hybridized carbons (Fsp3) is 0.214. The molecule has 0 bridgehead atoms. The number of benzene rings is 1. The third-order valence-electron chi connectivity index (χ3n) is 3.23. The summed E-state index contributed by atoms with van der Waals surface area (Å²) in [6.45, 7) is 0.461. The average Bonchev–Trinajstić information content (AvgIpc) is 2.48. The van der Waals surface area contributed by atoms with Crippen LogP contribution in [0.3, 0.4) is 0 Å². The number of anilines is 1. The number of rotatable bonds is 2. The highest BCUT2D eigenvalue weighted by Gasteiger charge is 2.23. The van der Waals surface area contributed by atoms with E-state index in [9.17, 15) is 9.59 Å². The minimum Gasteiger partial charge on any atom is -0.353 e. The van der Waals surface area contributed by atoms with Gasteiger partial charge in [0.1, 0.15) is 6.04 Å². The van der Waals surface area contributed by atoms with Gasteiger partial charge in [0.15, 0.2) is 0 Å². The standard InChI is InChI=1S/C14H14N4O2/c19-13-8-16-12(7-17-13)14(20)18-11-5-1-4-10-9(11)3-2-6-15-10/h1-6,12,16H,7-8H2,(H,17,19)(H,18,20). The highest BCUT2D eigenvalue weighted by molar-refractivity contribution is 6.03. The summed E-state index contributed by atoms with van der Waals surface area (Å²) >= 11 is 0. The van der Waals surface area contributed by atoms with E-state index in [1.54, 1.807) is 6.20 Å². The first kappa shape index (κ1) is 12.6. The molecule has 1 aliphatic rings. The van der Waals surface area contributed by atoms with Crippen molar-refractivity contribution in [1.82, 2.24) is 15.6 Å². The van der Waals surface area contributed by atoms with Gasteiger partial charge in [-0.2, -0.15) is 0 Å². The van der Waals surface area contributed by atoms with Crippen LogP contribution in [0, 0.1) is 0 Å². The van der Waals surface area contributed by atoms with E-state index in [1.807, 2.05) is 30.3 Å². The minimum atomic E-state index is -0.417. The minimum absolute atomic E-state index is 0.0941. The molecule has 2 amide bonds. The predicted octanol–water partition coefficient (Wildman–Crippen LogP) is 0.261. The lowest BCUT2D eigenvalue weighted by Crippen LogP contribution is -2.56. The summed E-state index contributed by atoms with van der Waals surface area (Å²) in [6, 6.07) is 8.90. The molecule has 1 aromatic carbocycles. The van der Waals surface area contributed by atoms with Crippen molar-refractivity contribution >= 4 is 28.4 Å². The van der Waals surface area contributed by atoms with Gasteiger partial charge in [-0.05, 0) is 24.3 Å². The van der Waals surface area contributed by atoms with E-state index in [-0.39, 0.29) is 18.4 Å². The molecular weight excluding hydrogens is 256 g/mol. The third-order valence-corrected chi connectivity index (χ3v) is 3.23. The molecule has 6 heteroatoms. The largest absolute Gasteiger partial charge is 0.353 e. The Morgan fingerprint density at radius 3 is 3.00 bits per heavy atom. The molecule has 1 aliphatic heterocycles. The Hall–Kier alpha value is -2.47. The fourth-order valence-electron chi connectivity index (χ4n) is 2.18. The number of hydrogen-bond donors (Lipinski definition) is 3. The van der Waals surface area contributed by atoms with Crippen LogP contribution in [0.2, 0.25) is 0 Å². The van der Waals surface area contributed by atoms with Gasteiger partial charge in [-0.15, -0.1) is 0 Å². The number of fused-ring (bicyclic) bond motifs is 1. The van der Waals surface area contributed by atoms with E-state index in [4.69, 9.17) is 0 Å². The van der Waals surface area contributed by atoms with Gasteiger partial charge in [0, 0.05) is 18.1 Å². The molecule has 2 heterocycles. The summed E-state index contributed by atoms with van der Waals surface area (Å²) < 4.78 is 0. The molecule has 0 radical (unpaired) electrons. The molecular formula is C14H14N4O2. The van der Waals surface area contributed by atoms with Gasteiger partial charge < -0.3 is 10.6 Å². The zero-order valence-corrected chi connectivity index (χ0v) is 10.7. The van der Waals surface area contributed by atoms with E-state index in [1.165, 1.54) is 0 Å². The number of carbonyl (C=O) groups excluding carboxylic acids is 2. The van der Waals surface area contributed by atoms with Crippen molar-refractivity contribution in [1.29, 1.82) is 0 Å². The van der Waals surface area contributed by atoms with Crippen molar-refractivity contribution in [3.8, 4) is 0 Å². The van der Waals surface area contributed by atoms with Gasteiger partial charge in [0.2, 0.25) is 11.8 Å². The van der Waals surface area contributed by atoms with Crippen LogP contribution in [-0.4, -0.2) is 35.9 Å². The zero-order chi connectivity index (χ0) is 13.9. The van der Waals surface area contributed by atoms with Crippen molar-refractivity contribution in [2.45, 2.75) is 6.04 Å². The van der Waals surface area contributed by atoms with Gasteiger partial charge in [0.05, 0.1) is 17.7 Å². The van der Waals surface area contributed by atoms with Crippen LogP contribution in [0.1, 0.15) is 0 Å². The van der Waals surface area contributed by atoms with Crippen molar-refractivity contribution in [3.63, 3.8) is 0 Å². The molecule has 1 unspecified atom stereocenters. The van der Waals surface area contributed by atoms with Crippen LogP contribution in [0.4, 0.5) is 5.69 Å². The van der Waals surface area contributed by atoms with Crippen molar-refractivity contribution < 1.29 is 9.59 Å². The fourth-order valence-corrected chi connectivity index (χ4v) is 2.18. The molecule has 1 atom stereocenters. The summed E-state index contributed by atoms with van der Waals surface area (Å²) in [4.78, 5) is 27.5. The van der Waals surface area contributed by atoms with Crippen molar-refractivity contribution in [2.24, 2.45) is 0 Å². The van der Waals surface area contributed by atoms with Gasteiger partial charge in [0.25, 0.3) is 0 Å². The number of nitrogens with one attached hydrogen (secondary N) is 3. The van der Waals surface area contributed by atoms with E-state index in [0.717, 1.165) is 16.6 Å². The van der Waals surface area contributed by atoms with Crippen LogP contribution in [0.25, 0.3) is 10.9 Å². The predicted molar refractivity (Wildman–Crippen MR) is 75.2 cm³/mol. The van der Waals surface area contributed by atoms with E-state index >= 15 is 0 Å². The van der Waals surface area contributed by atoms with Crippen molar-refractivity contribution in [2.75, 3.05) is 18.4 Å². The summed E-state index contributed by atoms with van der Waals surface area (Å²) in [5, 5.41) is 9.33. The molecule has 3 rings (SSSR count). The second-order valence-corrected chi connectivity index (χ2v) is 4.60. The first-order valence-corrected chi connectivity index (χ1v) is 6.39. The third kappa shape index (κ3) is 2.46. The maximum Gasteiger partial charge on any atom is 0.243 e. The molecule has 0 aliphatic carbocycles. The van der Waals surface area contributed by atoms with E-state index in [2.05, 4.69) is 20.9 Å². The molecule has 102 valence electrons. The molecule has 0 spiro atoms. The molecule has 0 saturated carbocycles. The SMILES string of the molecule is O=C1CNC(C(=O)Nc2cccc3ncccc23)CN1. The van der Waals surface area contributed by atoms with E-state index in [0.29, 0.717) is 6.54 Å². The zero-order valence-electron chi connectivity index (χ0n) is 10.7. The van der Waals surface area contributed by atoms with Crippen LogP contribution >= 0.6 is 0 Å². The number of pyridine rings is 1. The van der Waals surface area contributed by atoms with Gasteiger partial charge in [-0.1, -0.05) is 6.07 Å². The van der Waals surface area contributed by atoms with Crippen LogP contribution < -0.4 is 16.0 Å². The topological polar surface area (TPSA) is 83.1 Å². The first-order chi connectivity index (χ1) is 9.74. The Morgan fingerprint density at radius 2 is 2.20 bits per heavy atom. The highest BCUT2D eigenvalue weighted by Crippen LogP contribution is 2.21. The summed E-state index contributed by atoms with van der Waals surface area (Å²) in [5.41, 5.74) is 1.55. The number of amides is 2. The molecule has 6 nitrogen and oxygen atoms in total. The van der Waals surface area contributed by atoms with Gasteiger partial charge in [-0.3, -0.25) is 19.9 Å². The number of aromatic nitrogens is 1. The Kier molecular flexibility index (Phi) is 3.30. The Bertz CT molecular complexity index is 656. The Morgan fingerprint density at radius 1 is 1.30 bits per heavy atom. The molecule has 3 N–H and O–H groups in total. The molecule has 1 saturated heterocycles. The molecule has 1 fully saturated rings. The van der Waals surface area contributed by atoms with Crippen molar-refractivity contribution in [3.05, 3.63) is 36.5 Å².